The van der Waals surface area contributed by atoms with Gasteiger partial charge in [0.25, 0.3) is 5.69 Å². The molecule has 2 aromatic rings. The van der Waals surface area contributed by atoms with Crippen molar-refractivity contribution in [3.8, 4) is 0 Å². The van der Waals surface area contributed by atoms with Crippen LogP contribution in [0.25, 0.3) is 0 Å². The molecule has 0 aromatic heterocycles. The van der Waals surface area contributed by atoms with Crippen LogP contribution < -0.4 is 10.6 Å². The second-order valence-electron chi connectivity index (χ2n) is 5.63. The van der Waals surface area contributed by atoms with Crippen LogP contribution in [-0.2, 0) is 9.47 Å². The van der Waals surface area contributed by atoms with E-state index in [1.54, 1.807) is 19.9 Å². The number of anilines is 2. The SMILES string of the molecule is CCOC(=O)c1cc(NC(=S)Nc2cccc([N+](=O)[O-])c2)cc(C(=O)OCC)c1. The van der Waals surface area contributed by atoms with Gasteiger partial charge in [0.15, 0.2) is 5.11 Å². The normalized spacial score (nSPS) is 10.0. The van der Waals surface area contributed by atoms with Gasteiger partial charge in [0.05, 0.1) is 29.3 Å². The van der Waals surface area contributed by atoms with Gasteiger partial charge in [-0.25, -0.2) is 9.59 Å². The fraction of sp³-hybridized carbons (Fsp3) is 0.211. The standard InChI is InChI=1S/C19H19N3O6S/c1-3-27-17(23)12-8-13(18(24)28-4-2)10-15(9-12)21-19(29)20-14-6-5-7-16(11-14)22(25)26/h5-11H,3-4H2,1-2H3,(H2,20,21,29). The first-order valence-corrected chi connectivity index (χ1v) is 9.06. The number of hydrogen-bond donors (Lipinski definition) is 2. The van der Waals surface area contributed by atoms with Crippen molar-refractivity contribution >= 4 is 46.3 Å². The number of hydrogen-bond acceptors (Lipinski definition) is 7. The molecule has 0 bridgehead atoms. The molecule has 0 aliphatic heterocycles. The van der Waals surface area contributed by atoms with Gasteiger partial charge in [0.2, 0.25) is 0 Å². The molecule has 0 radical (unpaired) electrons. The van der Waals surface area contributed by atoms with Crippen LogP contribution in [0.15, 0.2) is 42.5 Å². The molecule has 2 rings (SSSR count). The number of ether oxygens (including phenoxy) is 2. The van der Waals surface area contributed by atoms with Gasteiger partial charge in [-0.1, -0.05) is 6.07 Å². The number of nitrogens with one attached hydrogen (secondary N) is 2. The quantitative estimate of drug-likeness (QED) is 0.300. The van der Waals surface area contributed by atoms with Gasteiger partial charge in [-0.05, 0) is 50.3 Å². The van der Waals surface area contributed by atoms with Crippen molar-refractivity contribution in [3.63, 3.8) is 0 Å². The van der Waals surface area contributed by atoms with Crippen LogP contribution in [0.4, 0.5) is 17.1 Å². The van der Waals surface area contributed by atoms with Crippen LogP contribution in [-0.4, -0.2) is 35.2 Å². The molecular formula is C19H19N3O6S. The molecule has 0 aliphatic carbocycles. The van der Waals surface area contributed by atoms with Gasteiger partial charge in [-0.15, -0.1) is 0 Å². The summed E-state index contributed by atoms with van der Waals surface area (Å²) in [4.78, 5) is 34.5. The Balaban J connectivity index is 2.24. The Morgan fingerprint density at radius 3 is 2.03 bits per heavy atom. The largest absolute Gasteiger partial charge is 0.462 e. The molecule has 2 N–H and O–H groups in total. The first-order valence-electron chi connectivity index (χ1n) is 8.65. The van der Waals surface area contributed by atoms with E-state index in [-0.39, 0.29) is 35.1 Å². The molecule has 152 valence electrons. The van der Waals surface area contributed by atoms with Crippen molar-refractivity contribution in [2.75, 3.05) is 23.8 Å². The monoisotopic (exact) mass is 417 g/mol. The van der Waals surface area contributed by atoms with E-state index in [2.05, 4.69) is 10.6 Å². The fourth-order valence-corrected chi connectivity index (χ4v) is 2.59. The molecule has 0 heterocycles. The lowest BCUT2D eigenvalue weighted by Gasteiger charge is -2.13. The van der Waals surface area contributed by atoms with E-state index in [9.17, 15) is 19.7 Å². The maximum Gasteiger partial charge on any atom is 0.338 e. The smallest absolute Gasteiger partial charge is 0.338 e. The van der Waals surface area contributed by atoms with Crippen molar-refractivity contribution in [2.45, 2.75) is 13.8 Å². The minimum absolute atomic E-state index is 0.0910. The van der Waals surface area contributed by atoms with Gasteiger partial charge >= 0.3 is 11.9 Å². The molecule has 2 aromatic carbocycles. The summed E-state index contributed by atoms with van der Waals surface area (Å²) >= 11 is 5.22. The molecule has 0 saturated carbocycles. The predicted octanol–water partition coefficient (Wildman–Crippen LogP) is 3.76. The zero-order valence-corrected chi connectivity index (χ0v) is 16.6. The van der Waals surface area contributed by atoms with Crippen molar-refractivity contribution in [2.24, 2.45) is 0 Å². The average molecular weight is 417 g/mol. The molecule has 29 heavy (non-hydrogen) atoms. The number of carbonyl (C=O) groups is 2. The molecule has 0 atom stereocenters. The summed E-state index contributed by atoms with van der Waals surface area (Å²) in [6.07, 6.45) is 0. The van der Waals surface area contributed by atoms with Crippen LogP contribution in [0.3, 0.4) is 0 Å². The van der Waals surface area contributed by atoms with Crippen LogP contribution in [0, 0.1) is 10.1 Å². The highest BCUT2D eigenvalue weighted by Crippen LogP contribution is 2.20. The van der Waals surface area contributed by atoms with E-state index in [0.29, 0.717) is 11.4 Å². The molecule has 0 saturated heterocycles. The zero-order valence-electron chi connectivity index (χ0n) is 15.8. The predicted molar refractivity (Wildman–Crippen MR) is 111 cm³/mol. The topological polar surface area (TPSA) is 120 Å². The summed E-state index contributed by atoms with van der Waals surface area (Å²) < 4.78 is 9.97. The first kappa shape index (κ1) is 21.8. The third kappa shape index (κ3) is 6.25. The minimum Gasteiger partial charge on any atom is -0.462 e. The van der Waals surface area contributed by atoms with Gasteiger partial charge in [-0.2, -0.15) is 0 Å². The number of rotatable bonds is 7. The van der Waals surface area contributed by atoms with Crippen molar-refractivity contribution in [1.29, 1.82) is 0 Å². The molecular weight excluding hydrogens is 398 g/mol. The van der Waals surface area contributed by atoms with Gasteiger partial charge < -0.3 is 20.1 Å². The Kier molecular flexibility index (Phi) is 7.61. The molecule has 0 spiro atoms. The van der Waals surface area contributed by atoms with E-state index in [0.717, 1.165) is 0 Å². The van der Waals surface area contributed by atoms with Crippen LogP contribution in [0.2, 0.25) is 0 Å². The van der Waals surface area contributed by atoms with Crippen molar-refractivity contribution < 1.29 is 24.0 Å². The van der Waals surface area contributed by atoms with Crippen LogP contribution >= 0.6 is 12.2 Å². The van der Waals surface area contributed by atoms with E-state index >= 15 is 0 Å². The summed E-state index contributed by atoms with van der Waals surface area (Å²) in [7, 11) is 0. The highest BCUT2D eigenvalue weighted by molar-refractivity contribution is 7.80. The van der Waals surface area contributed by atoms with Crippen LogP contribution in [0.1, 0.15) is 34.6 Å². The third-order valence-electron chi connectivity index (χ3n) is 3.53. The van der Waals surface area contributed by atoms with E-state index in [1.165, 1.54) is 36.4 Å². The molecule has 0 fully saturated rings. The second-order valence-corrected chi connectivity index (χ2v) is 6.03. The van der Waals surface area contributed by atoms with E-state index in [4.69, 9.17) is 21.7 Å². The van der Waals surface area contributed by atoms with Crippen molar-refractivity contribution in [3.05, 3.63) is 63.7 Å². The summed E-state index contributed by atoms with van der Waals surface area (Å²) in [5, 5.41) is 16.7. The summed E-state index contributed by atoms with van der Waals surface area (Å²) in [5.41, 5.74) is 0.966. The summed E-state index contributed by atoms with van der Waals surface area (Å²) in [5.74, 6) is -1.20. The van der Waals surface area contributed by atoms with Gasteiger partial charge in [0, 0.05) is 23.5 Å². The number of nitrogens with zero attached hydrogens (tertiary/aromatic N) is 1. The lowest BCUT2D eigenvalue weighted by atomic mass is 10.1. The average Bonchev–Trinajstić information content (AvgIpc) is 2.68. The Labute approximate surface area is 172 Å². The minimum atomic E-state index is -0.598. The Morgan fingerprint density at radius 2 is 1.52 bits per heavy atom. The van der Waals surface area contributed by atoms with Gasteiger partial charge in [-0.3, -0.25) is 10.1 Å². The first-order chi connectivity index (χ1) is 13.8. The number of carbonyl (C=O) groups excluding carboxylic acids is 2. The lowest BCUT2D eigenvalue weighted by Crippen LogP contribution is -2.20. The maximum absolute atomic E-state index is 12.1. The zero-order chi connectivity index (χ0) is 21.4. The van der Waals surface area contributed by atoms with Crippen molar-refractivity contribution in [1.82, 2.24) is 0 Å². The molecule has 9 nitrogen and oxygen atoms in total. The Bertz CT molecular complexity index is 911. The number of nitro groups is 1. The summed E-state index contributed by atoms with van der Waals surface area (Å²) in [6.45, 7) is 3.70. The number of esters is 2. The Hall–Kier alpha value is -3.53. The van der Waals surface area contributed by atoms with E-state index < -0.39 is 16.9 Å². The summed E-state index contributed by atoms with van der Waals surface area (Å²) in [6, 6.07) is 10.1. The van der Waals surface area contributed by atoms with E-state index in [1.807, 2.05) is 0 Å². The highest BCUT2D eigenvalue weighted by atomic mass is 32.1. The number of benzene rings is 2. The molecule has 0 aliphatic rings. The maximum atomic E-state index is 12.1. The van der Waals surface area contributed by atoms with Gasteiger partial charge in [0.1, 0.15) is 0 Å². The third-order valence-corrected chi connectivity index (χ3v) is 3.73. The fourth-order valence-electron chi connectivity index (χ4n) is 2.35. The van der Waals surface area contributed by atoms with Crippen LogP contribution in [0.5, 0.6) is 0 Å². The lowest BCUT2D eigenvalue weighted by molar-refractivity contribution is -0.384. The number of thiocarbonyl (C=S) groups is 1. The second kappa shape index (κ2) is 10.1. The highest BCUT2D eigenvalue weighted by Gasteiger charge is 2.15. The molecule has 0 unspecified atom stereocenters. The number of non-ortho nitro benzene ring substituents is 1. The number of nitro benzene ring substituents is 1. The Morgan fingerprint density at radius 1 is 0.966 bits per heavy atom. The molecule has 0 amide bonds. The molecule has 10 heteroatoms.